The molecule has 0 saturated carbocycles. The molecule has 0 heterocycles. The second-order valence-corrected chi connectivity index (χ2v) is 5.73. The van der Waals surface area contributed by atoms with Crippen LogP contribution in [0, 0.1) is 0 Å². The first-order valence-corrected chi connectivity index (χ1v) is 7.44. The molecule has 2 aromatic rings. The molecule has 0 aliphatic carbocycles. The Labute approximate surface area is 133 Å². The lowest BCUT2D eigenvalue weighted by atomic mass is 10.1. The Kier molecular flexibility index (Phi) is 5.42. The zero-order valence-corrected chi connectivity index (χ0v) is 13.7. The van der Waals surface area contributed by atoms with E-state index in [2.05, 4.69) is 54.2 Å². The van der Waals surface area contributed by atoms with Crippen LogP contribution in [0.5, 0.6) is 0 Å². The SMILES string of the molecule is CC(C)=Cc1ccc(C=Nc2cccc(N=C(C)C)c2)cc1. The minimum Gasteiger partial charge on any atom is -0.258 e. The second-order valence-electron chi connectivity index (χ2n) is 5.73. The lowest BCUT2D eigenvalue weighted by Gasteiger charge is -1.99. The molecule has 22 heavy (non-hydrogen) atoms. The number of benzene rings is 2. The predicted molar refractivity (Wildman–Crippen MR) is 97.9 cm³/mol. The molecule has 2 heteroatoms. The van der Waals surface area contributed by atoms with E-state index >= 15 is 0 Å². The van der Waals surface area contributed by atoms with Crippen LogP contribution in [0.3, 0.4) is 0 Å². The van der Waals surface area contributed by atoms with E-state index in [9.17, 15) is 0 Å². The van der Waals surface area contributed by atoms with Crippen molar-refractivity contribution in [1.29, 1.82) is 0 Å². The zero-order valence-electron chi connectivity index (χ0n) is 13.7. The van der Waals surface area contributed by atoms with Gasteiger partial charge in [0.25, 0.3) is 0 Å². The van der Waals surface area contributed by atoms with Crippen molar-refractivity contribution in [3.8, 4) is 0 Å². The van der Waals surface area contributed by atoms with Gasteiger partial charge in [-0.3, -0.25) is 9.98 Å². The molecule has 0 spiro atoms. The molecule has 0 radical (unpaired) electrons. The Hall–Kier alpha value is -2.48. The van der Waals surface area contributed by atoms with Gasteiger partial charge in [-0.1, -0.05) is 42.0 Å². The van der Waals surface area contributed by atoms with Crippen LogP contribution in [0.15, 0.2) is 64.1 Å². The van der Waals surface area contributed by atoms with E-state index in [1.807, 2.05) is 44.3 Å². The molecule has 0 saturated heterocycles. The predicted octanol–water partition coefficient (Wildman–Crippen LogP) is 5.97. The molecular weight excluding hydrogens is 268 g/mol. The molecule has 0 fully saturated rings. The third kappa shape index (κ3) is 5.13. The van der Waals surface area contributed by atoms with E-state index in [0.717, 1.165) is 22.6 Å². The first-order chi connectivity index (χ1) is 10.5. The van der Waals surface area contributed by atoms with Crippen molar-refractivity contribution in [2.24, 2.45) is 9.98 Å². The highest BCUT2D eigenvalue weighted by atomic mass is 14.8. The van der Waals surface area contributed by atoms with Gasteiger partial charge in [-0.05, 0) is 57.0 Å². The van der Waals surface area contributed by atoms with Gasteiger partial charge < -0.3 is 0 Å². The molecule has 0 unspecified atom stereocenters. The van der Waals surface area contributed by atoms with Crippen molar-refractivity contribution in [1.82, 2.24) is 0 Å². The van der Waals surface area contributed by atoms with Gasteiger partial charge in [0.05, 0.1) is 11.4 Å². The van der Waals surface area contributed by atoms with Crippen LogP contribution in [0.2, 0.25) is 0 Å². The maximum atomic E-state index is 4.53. The summed E-state index contributed by atoms with van der Waals surface area (Å²) in [5.74, 6) is 0. The molecule has 0 aliphatic heterocycles. The third-order valence-corrected chi connectivity index (χ3v) is 2.94. The van der Waals surface area contributed by atoms with Crippen molar-refractivity contribution < 1.29 is 0 Å². The first-order valence-electron chi connectivity index (χ1n) is 7.44. The summed E-state index contributed by atoms with van der Waals surface area (Å²) < 4.78 is 0. The van der Waals surface area contributed by atoms with Crippen molar-refractivity contribution in [3.05, 3.63) is 65.2 Å². The number of nitrogens with zero attached hydrogens (tertiary/aromatic N) is 2. The van der Waals surface area contributed by atoms with Gasteiger partial charge in [-0.15, -0.1) is 0 Å². The largest absolute Gasteiger partial charge is 0.258 e. The maximum Gasteiger partial charge on any atom is 0.0651 e. The van der Waals surface area contributed by atoms with E-state index in [1.54, 1.807) is 0 Å². The summed E-state index contributed by atoms with van der Waals surface area (Å²) in [5, 5.41) is 0. The number of hydrogen-bond donors (Lipinski definition) is 0. The van der Waals surface area contributed by atoms with Crippen molar-refractivity contribution in [2.75, 3.05) is 0 Å². The molecule has 0 atom stereocenters. The fourth-order valence-electron chi connectivity index (χ4n) is 2.06. The van der Waals surface area contributed by atoms with Crippen LogP contribution in [-0.2, 0) is 0 Å². The number of aliphatic imine (C=N–C) groups is 2. The summed E-state index contributed by atoms with van der Waals surface area (Å²) in [5.41, 5.74) is 6.49. The Bertz CT molecular complexity index is 712. The quantitative estimate of drug-likeness (QED) is 0.619. The second kappa shape index (κ2) is 7.51. The summed E-state index contributed by atoms with van der Waals surface area (Å²) in [6.07, 6.45) is 4.05. The Morgan fingerprint density at radius 1 is 0.818 bits per heavy atom. The van der Waals surface area contributed by atoms with E-state index in [4.69, 9.17) is 0 Å². The lowest BCUT2D eigenvalue weighted by molar-refractivity contribution is 1.42. The van der Waals surface area contributed by atoms with E-state index < -0.39 is 0 Å². The molecule has 0 bridgehead atoms. The smallest absolute Gasteiger partial charge is 0.0651 e. The van der Waals surface area contributed by atoms with Crippen molar-refractivity contribution in [2.45, 2.75) is 27.7 Å². The van der Waals surface area contributed by atoms with E-state index in [1.165, 1.54) is 11.1 Å². The molecule has 0 aliphatic rings. The zero-order chi connectivity index (χ0) is 15.9. The standard InChI is InChI=1S/C20H22N2/c1-15(2)12-17-8-10-18(11-9-17)14-21-19-6-5-7-20(13-19)22-16(3)4/h5-14H,1-4H3. The van der Waals surface area contributed by atoms with Crippen LogP contribution in [-0.4, -0.2) is 11.9 Å². The minimum atomic E-state index is 0.913. The van der Waals surface area contributed by atoms with Crippen LogP contribution >= 0.6 is 0 Å². The number of allylic oxidation sites excluding steroid dienone is 1. The number of rotatable bonds is 4. The maximum absolute atomic E-state index is 4.53. The van der Waals surface area contributed by atoms with E-state index in [-0.39, 0.29) is 0 Å². The molecule has 112 valence electrons. The van der Waals surface area contributed by atoms with E-state index in [0.29, 0.717) is 0 Å². The highest BCUT2D eigenvalue weighted by molar-refractivity contribution is 5.84. The van der Waals surface area contributed by atoms with Crippen LogP contribution in [0.1, 0.15) is 38.8 Å². The average molecular weight is 290 g/mol. The monoisotopic (exact) mass is 290 g/mol. The normalized spacial score (nSPS) is 10.5. The molecule has 0 N–H and O–H groups in total. The Balaban J connectivity index is 2.15. The third-order valence-electron chi connectivity index (χ3n) is 2.94. The average Bonchev–Trinajstić information content (AvgIpc) is 2.46. The van der Waals surface area contributed by atoms with Crippen LogP contribution in [0.4, 0.5) is 11.4 Å². The van der Waals surface area contributed by atoms with Gasteiger partial charge in [0.15, 0.2) is 0 Å². The number of hydrogen-bond acceptors (Lipinski definition) is 2. The Morgan fingerprint density at radius 3 is 2.09 bits per heavy atom. The summed E-state index contributed by atoms with van der Waals surface area (Å²) in [6, 6.07) is 16.3. The summed E-state index contributed by atoms with van der Waals surface area (Å²) >= 11 is 0. The highest BCUT2D eigenvalue weighted by Gasteiger charge is 1.94. The van der Waals surface area contributed by atoms with Gasteiger partial charge in [-0.25, -0.2) is 0 Å². The van der Waals surface area contributed by atoms with Gasteiger partial charge in [-0.2, -0.15) is 0 Å². The first kappa shape index (κ1) is 15.9. The molecular formula is C20H22N2. The fraction of sp³-hybridized carbons (Fsp3) is 0.200. The van der Waals surface area contributed by atoms with Gasteiger partial charge in [0.2, 0.25) is 0 Å². The molecule has 2 rings (SSSR count). The Morgan fingerprint density at radius 2 is 1.45 bits per heavy atom. The summed E-state index contributed by atoms with van der Waals surface area (Å²) in [6.45, 7) is 8.18. The highest BCUT2D eigenvalue weighted by Crippen LogP contribution is 2.20. The van der Waals surface area contributed by atoms with Crippen molar-refractivity contribution >= 4 is 29.4 Å². The molecule has 0 aromatic heterocycles. The van der Waals surface area contributed by atoms with Gasteiger partial charge in [0.1, 0.15) is 0 Å². The topological polar surface area (TPSA) is 24.7 Å². The van der Waals surface area contributed by atoms with Crippen molar-refractivity contribution in [3.63, 3.8) is 0 Å². The lowest BCUT2D eigenvalue weighted by Crippen LogP contribution is -1.81. The molecule has 2 aromatic carbocycles. The fourth-order valence-corrected chi connectivity index (χ4v) is 2.06. The van der Waals surface area contributed by atoms with Gasteiger partial charge in [0, 0.05) is 11.9 Å². The van der Waals surface area contributed by atoms with Gasteiger partial charge >= 0.3 is 0 Å². The minimum absolute atomic E-state index is 0.913. The molecule has 0 amide bonds. The van der Waals surface area contributed by atoms with Crippen LogP contribution < -0.4 is 0 Å². The summed E-state index contributed by atoms with van der Waals surface area (Å²) in [7, 11) is 0. The summed E-state index contributed by atoms with van der Waals surface area (Å²) in [4.78, 5) is 8.98. The molecule has 2 nitrogen and oxygen atoms in total. The van der Waals surface area contributed by atoms with Crippen LogP contribution in [0.25, 0.3) is 6.08 Å².